The normalized spacial score (nSPS) is 15.2. The van der Waals surface area contributed by atoms with Crippen molar-refractivity contribution in [3.63, 3.8) is 0 Å². The van der Waals surface area contributed by atoms with Crippen LogP contribution in [0.5, 0.6) is 0 Å². The number of hydrogen-bond donors (Lipinski definition) is 1. The maximum atomic E-state index is 11.6. The molecule has 0 aromatic carbocycles. The Labute approximate surface area is 326 Å². The summed E-state index contributed by atoms with van der Waals surface area (Å²) in [5.41, 5.74) is 1.19. The highest BCUT2D eigenvalue weighted by Crippen LogP contribution is 2.08. The minimum absolute atomic E-state index is 0.244. The van der Waals surface area contributed by atoms with Crippen LogP contribution in [0.1, 0.15) is 48.5 Å². The molecule has 0 radical (unpaired) electrons. The van der Waals surface area contributed by atoms with E-state index in [-0.39, 0.29) is 24.3 Å². The van der Waals surface area contributed by atoms with E-state index < -0.39 is 18.0 Å². The maximum Gasteiger partial charge on any atom is 0.409 e. The van der Waals surface area contributed by atoms with Crippen molar-refractivity contribution in [2.75, 3.05) is 124 Å². The highest BCUT2D eigenvalue weighted by Gasteiger charge is 2.25. The highest BCUT2D eigenvalue weighted by molar-refractivity contribution is 5.82. The van der Waals surface area contributed by atoms with Crippen molar-refractivity contribution in [1.82, 2.24) is 24.6 Å². The van der Waals surface area contributed by atoms with Crippen LogP contribution in [-0.4, -0.2) is 191 Å². The average molecular weight is 787 g/mol. The summed E-state index contributed by atoms with van der Waals surface area (Å²) in [7, 11) is 4.02. The van der Waals surface area contributed by atoms with Crippen molar-refractivity contribution >= 4 is 35.8 Å². The molecule has 316 valence electrons. The predicted octanol–water partition coefficient (Wildman–Crippen LogP) is 2.13. The lowest BCUT2D eigenvalue weighted by molar-refractivity contribution is -0.156. The van der Waals surface area contributed by atoms with Crippen LogP contribution in [0.3, 0.4) is 0 Å². The second-order valence-electron chi connectivity index (χ2n) is 12.4. The molecule has 2 atom stereocenters. The summed E-state index contributed by atoms with van der Waals surface area (Å²) in [5.74, 6) is -1.43. The smallest absolute Gasteiger partial charge is 0.409 e. The number of anilines is 1. The largest absolute Gasteiger partial charge is 0.459 e. The van der Waals surface area contributed by atoms with Crippen molar-refractivity contribution in [2.24, 2.45) is 0 Å². The monoisotopic (exact) mass is 786 g/mol. The molecule has 18 heteroatoms. The Morgan fingerprint density at radius 1 is 0.673 bits per heavy atom. The quantitative estimate of drug-likeness (QED) is 0.164. The molecule has 1 N–H and O–H groups in total. The van der Waals surface area contributed by atoms with Crippen molar-refractivity contribution in [1.29, 1.82) is 0 Å². The Bertz CT molecular complexity index is 1180. The summed E-state index contributed by atoms with van der Waals surface area (Å²) in [6.45, 7) is 20.7. The molecule has 0 aliphatic carbocycles. The van der Waals surface area contributed by atoms with Crippen molar-refractivity contribution in [3.8, 4) is 0 Å². The molecule has 3 rings (SSSR count). The van der Waals surface area contributed by atoms with Gasteiger partial charge in [0.15, 0.2) is 0 Å². The zero-order chi connectivity index (χ0) is 41.6. The van der Waals surface area contributed by atoms with Gasteiger partial charge in [-0.25, -0.2) is 9.59 Å². The number of aliphatic hydroxyl groups excluding tert-OH is 1. The third-order valence-electron chi connectivity index (χ3n) is 7.55. The molecule has 0 saturated carbocycles. The van der Waals surface area contributed by atoms with Crippen molar-refractivity contribution in [2.45, 2.75) is 60.7 Å². The molecule has 0 spiro atoms. The molecule has 18 nitrogen and oxygen atoms in total. The fourth-order valence-corrected chi connectivity index (χ4v) is 5.00. The number of hydrogen-bond acceptors (Lipinski definition) is 16. The molecule has 55 heavy (non-hydrogen) atoms. The number of β-amino-alcohol motifs (C(OH)–C–C–N with tert-alkyl or cyclic N) is 1. The average Bonchev–Trinajstić information content (AvgIpc) is 3.14. The number of pyridine rings is 1. The first kappa shape index (κ1) is 50.9. The van der Waals surface area contributed by atoms with Gasteiger partial charge < -0.3 is 48.2 Å². The van der Waals surface area contributed by atoms with Crippen LogP contribution in [-0.2, 0) is 42.8 Å². The molecule has 1 aromatic heterocycles. The van der Waals surface area contributed by atoms with Crippen LogP contribution in [0.15, 0.2) is 24.5 Å². The van der Waals surface area contributed by atoms with Crippen molar-refractivity contribution < 1.29 is 57.5 Å². The van der Waals surface area contributed by atoms with Gasteiger partial charge >= 0.3 is 30.1 Å². The van der Waals surface area contributed by atoms with Gasteiger partial charge in [-0.2, -0.15) is 0 Å². The summed E-state index contributed by atoms with van der Waals surface area (Å²) in [6.07, 6.45) is 2.34. The lowest BCUT2D eigenvalue weighted by Gasteiger charge is -2.35. The fourth-order valence-electron chi connectivity index (χ4n) is 5.00. The molecule has 0 bridgehead atoms. The van der Waals surface area contributed by atoms with Crippen molar-refractivity contribution in [3.05, 3.63) is 24.5 Å². The number of nitrogens with zero attached hydrogens (tertiary/aromatic N) is 6. The van der Waals surface area contributed by atoms with Gasteiger partial charge in [-0.15, -0.1) is 0 Å². The Morgan fingerprint density at radius 3 is 1.45 bits per heavy atom. The van der Waals surface area contributed by atoms with Crippen LogP contribution in [0, 0.1) is 0 Å². The number of aliphatic hydroxyl groups is 1. The van der Waals surface area contributed by atoms with E-state index in [4.69, 9.17) is 23.7 Å². The molecule has 1 aromatic rings. The summed E-state index contributed by atoms with van der Waals surface area (Å²) in [5, 5.41) is 9.72. The number of carbonyl (C=O) groups excluding carboxylic acids is 5. The fraction of sp³-hybridized carbons (Fsp3) is 0.730. The topological polar surface area (TPSA) is 190 Å². The summed E-state index contributed by atoms with van der Waals surface area (Å²) < 4.78 is 29.7. The van der Waals surface area contributed by atoms with E-state index in [1.165, 1.54) is 26.5 Å². The lowest BCUT2D eigenvalue weighted by Crippen LogP contribution is -2.51. The number of aromatic nitrogens is 1. The number of amides is 2. The van der Waals surface area contributed by atoms with E-state index in [1.54, 1.807) is 36.0 Å². The summed E-state index contributed by atoms with van der Waals surface area (Å²) >= 11 is 0. The van der Waals surface area contributed by atoms with Gasteiger partial charge in [0.25, 0.3) is 0 Å². The standard InChI is InChI=1S/C14H26N2O5.C12H24N2O4.C7H10N2.C4H6O3/c1-4-19-11-13(21-12(3)17)10-15-6-8-16(9-7-15)14(18)20-5-2;1-3-17-10-11(15)9-13-5-7-14(8-6-13)12(16)18-4-2;1-9(2)7-3-5-8-6-4-7;1-3(5)7-4(2)6/h13H,4-11H2,1-3H3;11,15H,3-10H2,1-2H3;3-6H,1-2H3;1-2H3. The second-order valence-corrected chi connectivity index (χ2v) is 12.4. The van der Waals surface area contributed by atoms with Crippen LogP contribution in [0.4, 0.5) is 15.3 Å². The molecular weight excluding hydrogens is 720 g/mol. The molecule has 2 amide bonds. The first-order chi connectivity index (χ1) is 26.2. The molecule has 2 aliphatic heterocycles. The number of piperazine rings is 2. The summed E-state index contributed by atoms with van der Waals surface area (Å²) in [6, 6.07) is 3.94. The number of ether oxygens (including phenoxy) is 6. The van der Waals surface area contributed by atoms with E-state index in [2.05, 4.69) is 19.5 Å². The Kier molecular flexibility index (Phi) is 28.8. The first-order valence-electron chi connectivity index (χ1n) is 18.7. The summed E-state index contributed by atoms with van der Waals surface area (Å²) in [4.78, 5) is 67.5. The van der Waals surface area contributed by atoms with Crippen LogP contribution in [0.25, 0.3) is 0 Å². The molecule has 3 heterocycles. The van der Waals surface area contributed by atoms with Crippen LogP contribution >= 0.6 is 0 Å². The second kappa shape index (κ2) is 31.1. The van der Waals surface area contributed by atoms with Gasteiger partial charge in [-0.3, -0.25) is 29.2 Å². The zero-order valence-electron chi connectivity index (χ0n) is 34.4. The molecule has 2 aliphatic rings. The van der Waals surface area contributed by atoms with Gasteiger partial charge in [0, 0.05) is 132 Å². The van der Waals surface area contributed by atoms with E-state index in [0.717, 1.165) is 26.2 Å². The number of rotatable bonds is 14. The first-order valence-corrected chi connectivity index (χ1v) is 18.7. The van der Waals surface area contributed by atoms with Gasteiger partial charge in [0.2, 0.25) is 0 Å². The number of esters is 3. The van der Waals surface area contributed by atoms with Gasteiger partial charge in [0.05, 0.1) is 32.5 Å². The van der Waals surface area contributed by atoms with E-state index in [9.17, 15) is 29.1 Å². The van der Waals surface area contributed by atoms with Gasteiger partial charge in [-0.05, 0) is 39.8 Å². The SMILES string of the molecule is CC(=O)OC(C)=O.CCOCC(CN1CCN(C(=O)OCC)CC1)OC(C)=O.CCOCC(O)CN1CCN(C(=O)OCC)CC1.CN(C)c1ccncc1. The number of carbonyl (C=O) groups is 5. The van der Waals surface area contributed by atoms with E-state index >= 15 is 0 Å². The molecular formula is C37H66N6O12. The third-order valence-corrected chi connectivity index (χ3v) is 7.55. The Morgan fingerprint density at radius 2 is 1.11 bits per heavy atom. The van der Waals surface area contributed by atoms with E-state index in [0.29, 0.717) is 78.9 Å². The predicted molar refractivity (Wildman–Crippen MR) is 206 cm³/mol. The minimum Gasteiger partial charge on any atom is -0.459 e. The van der Waals surface area contributed by atoms with Gasteiger partial charge in [0.1, 0.15) is 6.10 Å². The van der Waals surface area contributed by atoms with Gasteiger partial charge in [-0.1, -0.05) is 0 Å². The maximum absolute atomic E-state index is 11.6. The third kappa shape index (κ3) is 26.4. The minimum atomic E-state index is -0.562. The van der Waals surface area contributed by atoms with Crippen LogP contribution in [0.2, 0.25) is 0 Å². The molecule has 2 unspecified atom stereocenters. The zero-order valence-corrected chi connectivity index (χ0v) is 34.4. The Balaban J connectivity index is 0.000000769. The Hall–Kier alpha value is -4.10. The highest BCUT2D eigenvalue weighted by atomic mass is 16.6. The lowest BCUT2D eigenvalue weighted by atomic mass is 10.2. The molecule has 2 saturated heterocycles. The van der Waals surface area contributed by atoms with Crippen LogP contribution < -0.4 is 4.90 Å². The van der Waals surface area contributed by atoms with E-state index in [1.807, 2.05) is 45.0 Å². The molecule has 2 fully saturated rings.